The number of hydrogen-bond acceptors (Lipinski definition) is 7. The highest BCUT2D eigenvalue weighted by Crippen LogP contribution is 2.08. The number of hydrogen-bond donors (Lipinski definition) is 4. The van der Waals surface area contributed by atoms with Gasteiger partial charge in [-0.05, 0) is 30.9 Å². The van der Waals surface area contributed by atoms with Crippen LogP contribution in [0.5, 0.6) is 0 Å². The third-order valence-electron chi connectivity index (χ3n) is 6.98. The Morgan fingerprint density at radius 2 is 1.76 bits per heavy atom. The van der Waals surface area contributed by atoms with E-state index in [1.165, 1.54) is 40.0 Å². The summed E-state index contributed by atoms with van der Waals surface area (Å²) in [6.07, 6.45) is 8.17. The highest BCUT2D eigenvalue weighted by Gasteiger charge is 2.26. The first-order chi connectivity index (χ1) is 20.1. The lowest BCUT2D eigenvalue weighted by Crippen LogP contribution is -2.46. The molecule has 0 fully saturated rings. The molecule has 0 aliphatic heterocycles. The minimum atomic E-state index is -1.25. The monoisotopic (exact) mass is 585 g/mol. The molecule has 2 heterocycles. The third-order valence-corrected chi connectivity index (χ3v) is 6.98. The normalized spacial score (nSPS) is 11.5. The van der Waals surface area contributed by atoms with E-state index in [9.17, 15) is 28.8 Å². The molecule has 0 saturated carbocycles. The number of carbonyl (C=O) groups is 5. The summed E-state index contributed by atoms with van der Waals surface area (Å²) in [4.78, 5) is 80.1. The second-order valence-corrected chi connectivity index (χ2v) is 10.2. The molecule has 1 atom stereocenters. The molecule has 13 heteroatoms. The summed E-state index contributed by atoms with van der Waals surface area (Å²) < 4.78 is 2.64. The Morgan fingerprint density at radius 3 is 2.40 bits per heavy atom. The van der Waals surface area contributed by atoms with Crippen LogP contribution in [0.2, 0.25) is 0 Å². The van der Waals surface area contributed by atoms with Crippen LogP contribution in [-0.2, 0) is 32.8 Å². The third kappa shape index (κ3) is 10.6. The van der Waals surface area contributed by atoms with Gasteiger partial charge in [-0.1, -0.05) is 46.5 Å². The highest BCUT2D eigenvalue weighted by atomic mass is 16.2. The number of nitrogens with one attached hydrogen (secondary N) is 4. The Hall–Kier alpha value is -4.29. The van der Waals surface area contributed by atoms with Gasteiger partial charge in [0.1, 0.15) is 24.0 Å². The number of unbranched alkanes of at least 4 members (excludes halogenated alkanes) is 2. The summed E-state index contributed by atoms with van der Waals surface area (Å²) in [5, 5.41) is 10.5. The number of amides is 4. The molecule has 2 aromatic rings. The average molecular weight is 586 g/mol. The number of anilines is 1. The summed E-state index contributed by atoms with van der Waals surface area (Å²) in [7, 11) is 1.61. The van der Waals surface area contributed by atoms with Crippen LogP contribution in [0.25, 0.3) is 0 Å². The number of rotatable bonds is 18. The van der Waals surface area contributed by atoms with Crippen LogP contribution < -0.4 is 26.8 Å². The molecular weight excluding hydrogens is 542 g/mol. The molecule has 13 nitrogen and oxygen atoms in total. The molecule has 42 heavy (non-hydrogen) atoms. The van der Waals surface area contributed by atoms with Crippen LogP contribution in [0.3, 0.4) is 0 Å². The van der Waals surface area contributed by atoms with Gasteiger partial charge in [0.2, 0.25) is 17.6 Å². The molecule has 0 aromatic carbocycles. The minimum Gasteiger partial charge on any atom is -0.354 e. The number of nitrogens with zero attached hydrogens (tertiary/aromatic N) is 3. The van der Waals surface area contributed by atoms with Crippen molar-refractivity contribution in [2.24, 2.45) is 13.0 Å². The van der Waals surface area contributed by atoms with Crippen molar-refractivity contribution in [2.75, 3.05) is 18.4 Å². The molecule has 230 valence electrons. The summed E-state index contributed by atoms with van der Waals surface area (Å²) in [5.41, 5.74) is -0.535. The zero-order valence-electron chi connectivity index (χ0n) is 24.9. The lowest BCUT2D eigenvalue weighted by Gasteiger charge is -2.18. The van der Waals surface area contributed by atoms with Crippen molar-refractivity contribution in [1.82, 2.24) is 30.1 Å². The average Bonchev–Trinajstić information content (AvgIpc) is 3.41. The SMILES string of the molecule is CCCCCNC(=O)C(=O)CC[C@H](NC(=O)c1cncn1C)C(=O)Nc1cccn(CC(=O)NCC(CC)CC)c1=O. The minimum absolute atomic E-state index is 0.102. The topological polar surface area (TPSA) is 173 Å². The van der Waals surface area contributed by atoms with Crippen LogP contribution >= 0.6 is 0 Å². The highest BCUT2D eigenvalue weighted by molar-refractivity contribution is 6.36. The quantitative estimate of drug-likeness (QED) is 0.152. The second-order valence-electron chi connectivity index (χ2n) is 10.2. The summed E-state index contributed by atoms with van der Waals surface area (Å²) >= 11 is 0. The molecule has 0 radical (unpaired) electrons. The second kappa shape index (κ2) is 17.5. The van der Waals surface area contributed by atoms with Gasteiger partial charge in [-0.3, -0.25) is 28.8 Å². The predicted molar refractivity (Wildman–Crippen MR) is 158 cm³/mol. The Balaban J connectivity index is 2.13. The molecule has 2 aromatic heterocycles. The summed E-state index contributed by atoms with van der Waals surface area (Å²) in [5.74, 6) is -2.84. The zero-order valence-corrected chi connectivity index (χ0v) is 24.9. The van der Waals surface area contributed by atoms with Gasteiger partial charge >= 0.3 is 0 Å². The Labute approximate surface area is 245 Å². The largest absolute Gasteiger partial charge is 0.354 e. The van der Waals surface area contributed by atoms with Crippen molar-refractivity contribution in [3.63, 3.8) is 0 Å². The Morgan fingerprint density at radius 1 is 1.02 bits per heavy atom. The van der Waals surface area contributed by atoms with Crippen molar-refractivity contribution >= 4 is 35.1 Å². The first-order valence-corrected chi connectivity index (χ1v) is 14.5. The Kier molecular flexibility index (Phi) is 14.1. The fraction of sp³-hybridized carbons (Fsp3) is 0.552. The van der Waals surface area contributed by atoms with Gasteiger partial charge in [-0.15, -0.1) is 0 Å². The van der Waals surface area contributed by atoms with Crippen molar-refractivity contribution in [3.8, 4) is 0 Å². The van der Waals surface area contributed by atoms with Gasteiger partial charge in [-0.2, -0.15) is 0 Å². The van der Waals surface area contributed by atoms with E-state index in [1.54, 1.807) is 7.05 Å². The van der Waals surface area contributed by atoms with Gasteiger partial charge < -0.3 is 30.4 Å². The Bertz CT molecular complexity index is 1280. The first kappa shape index (κ1) is 33.9. The van der Waals surface area contributed by atoms with E-state index < -0.39 is 35.1 Å². The lowest BCUT2D eigenvalue weighted by atomic mass is 10.0. The van der Waals surface area contributed by atoms with Crippen molar-refractivity contribution in [2.45, 2.75) is 78.3 Å². The standard InChI is InChI=1S/C29H43N7O6/c1-5-8-9-14-31-28(41)24(37)13-12-21(33-27(40)23-17-30-19-35(23)4)26(39)34-22-11-10-15-36(29(22)42)18-25(38)32-16-20(6-2)7-3/h10-11,15,17,19-21H,5-9,12-14,16,18H2,1-4H3,(H,31,41)(H,32,38)(H,33,40)(H,34,39)/t21-/m0/s1. The van der Waals surface area contributed by atoms with E-state index in [-0.39, 0.29) is 36.7 Å². The van der Waals surface area contributed by atoms with Crippen LogP contribution in [0, 0.1) is 5.92 Å². The van der Waals surface area contributed by atoms with Gasteiger partial charge in [0.25, 0.3) is 17.4 Å². The van der Waals surface area contributed by atoms with Crippen LogP contribution in [0.1, 0.15) is 76.2 Å². The number of Topliss-reactive ketones (excluding diaryl/α,β-unsaturated/α-hetero) is 1. The van der Waals surface area contributed by atoms with E-state index in [0.29, 0.717) is 19.0 Å². The molecule has 2 rings (SSSR count). The fourth-order valence-corrected chi connectivity index (χ4v) is 4.16. The zero-order chi connectivity index (χ0) is 31.1. The maximum absolute atomic E-state index is 13.3. The van der Waals surface area contributed by atoms with Crippen LogP contribution in [-0.4, -0.2) is 62.7 Å². The maximum Gasteiger partial charge on any atom is 0.287 e. The number of carbonyl (C=O) groups excluding carboxylic acids is 5. The van der Waals surface area contributed by atoms with Crippen molar-refractivity contribution < 1.29 is 24.0 Å². The van der Waals surface area contributed by atoms with E-state index in [2.05, 4.69) is 26.3 Å². The van der Waals surface area contributed by atoms with Gasteiger partial charge in [-0.25, -0.2) is 4.98 Å². The van der Waals surface area contributed by atoms with Gasteiger partial charge in [0.05, 0.1) is 12.5 Å². The molecule has 0 unspecified atom stereocenters. The van der Waals surface area contributed by atoms with E-state index >= 15 is 0 Å². The molecule has 4 amide bonds. The number of ketones is 1. The molecule has 0 spiro atoms. The lowest BCUT2D eigenvalue weighted by molar-refractivity contribution is -0.138. The number of imidazole rings is 1. The number of aryl methyl sites for hydroxylation is 1. The van der Waals surface area contributed by atoms with Gasteiger partial charge in [0.15, 0.2) is 0 Å². The van der Waals surface area contributed by atoms with E-state index in [1.807, 2.05) is 20.8 Å². The van der Waals surface area contributed by atoms with Crippen molar-refractivity contribution in [3.05, 3.63) is 46.9 Å². The predicted octanol–water partition coefficient (Wildman–Crippen LogP) is 1.53. The van der Waals surface area contributed by atoms with E-state index in [0.717, 1.165) is 32.1 Å². The maximum atomic E-state index is 13.3. The fourth-order valence-electron chi connectivity index (χ4n) is 4.16. The smallest absolute Gasteiger partial charge is 0.287 e. The molecule has 0 saturated heterocycles. The molecule has 0 aliphatic carbocycles. The number of aromatic nitrogens is 3. The van der Waals surface area contributed by atoms with Gasteiger partial charge in [0, 0.05) is 32.8 Å². The molecule has 0 aliphatic rings. The first-order valence-electron chi connectivity index (χ1n) is 14.5. The number of pyridine rings is 1. The molecule has 0 bridgehead atoms. The molecular formula is C29H43N7O6. The van der Waals surface area contributed by atoms with Crippen molar-refractivity contribution in [1.29, 1.82) is 0 Å². The molecule has 4 N–H and O–H groups in total. The van der Waals surface area contributed by atoms with E-state index in [4.69, 9.17) is 0 Å². The summed E-state index contributed by atoms with van der Waals surface area (Å²) in [6.45, 7) is 6.76. The van der Waals surface area contributed by atoms with Crippen LogP contribution in [0.15, 0.2) is 35.6 Å². The summed E-state index contributed by atoms with van der Waals surface area (Å²) in [6, 6.07) is 1.65. The van der Waals surface area contributed by atoms with Crippen LogP contribution in [0.4, 0.5) is 5.69 Å².